The third-order valence-electron chi connectivity index (χ3n) is 7.29. The van der Waals surface area contributed by atoms with Crippen molar-refractivity contribution in [2.24, 2.45) is 0 Å². The summed E-state index contributed by atoms with van der Waals surface area (Å²) < 4.78 is 3.68. The van der Waals surface area contributed by atoms with Gasteiger partial charge in [0.05, 0.1) is 0 Å². The molecule has 0 aliphatic heterocycles. The SMILES string of the molecule is Brc1ccc([C](=[Hf+2])c2ccc(Br)cc2)cc1.CC(C)(C)c1ccc2[cH-]c3ccc(C(C)(C)C)cc3c2c1.[C-]1=CC=CC1.[Cl-].[Cl-]. The van der Waals surface area contributed by atoms with Crippen LogP contribution >= 0.6 is 31.9 Å². The summed E-state index contributed by atoms with van der Waals surface area (Å²) in [7, 11) is 0. The average Bonchev–Trinajstić information content (AvgIpc) is 3.64. The Morgan fingerprint density at radius 1 is 0.659 bits per heavy atom. The molecule has 5 heteroatoms. The number of hydrogen-bond acceptors (Lipinski definition) is 0. The first-order chi connectivity index (χ1) is 19.8. The summed E-state index contributed by atoms with van der Waals surface area (Å²) in [6.07, 6.45) is 10.0. The summed E-state index contributed by atoms with van der Waals surface area (Å²) in [5.41, 5.74) is 5.83. The fraction of sp³-hybridized carbons (Fsp3) is 0.231. The van der Waals surface area contributed by atoms with Crippen LogP contribution in [0.1, 0.15) is 70.2 Å². The van der Waals surface area contributed by atoms with Crippen LogP contribution in [-0.4, -0.2) is 3.26 Å². The number of fused-ring (bicyclic) bond motifs is 3. The van der Waals surface area contributed by atoms with Crippen molar-refractivity contribution in [2.45, 2.75) is 58.8 Å². The fourth-order valence-corrected chi connectivity index (χ4v) is 6.40. The summed E-state index contributed by atoms with van der Waals surface area (Å²) in [5, 5.41) is 5.49. The van der Waals surface area contributed by atoms with Gasteiger partial charge in [-0.15, -0.1) is 46.2 Å². The molecule has 6 rings (SSSR count). The topological polar surface area (TPSA) is 0 Å². The molecule has 0 atom stereocenters. The van der Waals surface area contributed by atoms with Crippen molar-refractivity contribution in [3.8, 4) is 0 Å². The van der Waals surface area contributed by atoms with Crippen molar-refractivity contribution in [2.75, 3.05) is 0 Å². The first kappa shape index (κ1) is 38.7. The predicted molar refractivity (Wildman–Crippen MR) is 188 cm³/mol. The number of halogens is 4. The molecular formula is C39H38Br2Cl2Hf-2. The monoisotopic (exact) mass is 914 g/mol. The Hall–Kier alpha value is -1.49. The largest absolute Gasteiger partial charge is 1.00 e. The maximum absolute atomic E-state index is 3.46. The molecule has 0 amide bonds. The van der Waals surface area contributed by atoms with Crippen LogP contribution in [0.15, 0.2) is 118 Å². The molecule has 1 aliphatic rings. The molecule has 1 aliphatic carbocycles. The fourth-order valence-electron chi connectivity index (χ4n) is 4.67. The van der Waals surface area contributed by atoms with Crippen LogP contribution in [0.5, 0.6) is 0 Å². The van der Waals surface area contributed by atoms with E-state index in [2.05, 4.69) is 177 Å². The molecule has 0 unspecified atom stereocenters. The molecule has 0 spiro atoms. The van der Waals surface area contributed by atoms with E-state index in [1.807, 2.05) is 12.2 Å². The Morgan fingerprint density at radius 2 is 1.07 bits per heavy atom. The molecular weight excluding hydrogens is 878 g/mol. The number of hydrogen-bond donors (Lipinski definition) is 0. The Bertz CT molecular complexity index is 1600. The van der Waals surface area contributed by atoms with Crippen LogP contribution in [0, 0.1) is 6.08 Å². The van der Waals surface area contributed by atoms with E-state index >= 15 is 0 Å². The molecule has 5 aromatic carbocycles. The Kier molecular flexibility index (Phi) is 14.9. The van der Waals surface area contributed by atoms with E-state index in [4.69, 9.17) is 0 Å². The Labute approximate surface area is 307 Å². The number of benzene rings is 4. The van der Waals surface area contributed by atoms with Gasteiger partial charge in [-0.25, -0.2) is 12.2 Å². The molecule has 0 saturated heterocycles. The molecule has 0 aromatic heterocycles. The zero-order chi connectivity index (χ0) is 30.5. The van der Waals surface area contributed by atoms with Crippen molar-refractivity contribution in [1.29, 1.82) is 0 Å². The Morgan fingerprint density at radius 3 is 1.36 bits per heavy atom. The molecule has 5 aromatic rings. The van der Waals surface area contributed by atoms with Gasteiger partial charge in [-0.05, 0) is 10.8 Å². The van der Waals surface area contributed by atoms with Crippen LogP contribution in [0.25, 0.3) is 21.5 Å². The zero-order valence-electron chi connectivity index (χ0n) is 26.1. The first-order valence-electron chi connectivity index (χ1n) is 14.3. The zero-order valence-corrected chi connectivity index (χ0v) is 34.4. The Balaban J connectivity index is 0.000000260. The van der Waals surface area contributed by atoms with Gasteiger partial charge < -0.3 is 24.8 Å². The minimum Gasteiger partial charge on any atom is -1.00 e. The van der Waals surface area contributed by atoms with E-state index in [1.54, 1.807) is 0 Å². The molecule has 44 heavy (non-hydrogen) atoms. The van der Waals surface area contributed by atoms with Crippen molar-refractivity contribution < 1.29 is 48.7 Å². The van der Waals surface area contributed by atoms with Crippen LogP contribution in [0.3, 0.4) is 0 Å². The summed E-state index contributed by atoms with van der Waals surface area (Å²) in [6, 6.07) is 33.1. The molecule has 228 valence electrons. The van der Waals surface area contributed by atoms with Gasteiger partial charge in [0.25, 0.3) is 0 Å². The molecule has 0 bridgehead atoms. The molecule has 0 N–H and O–H groups in total. The normalized spacial score (nSPS) is 12.0. The van der Waals surface area contributed by atoms with Gasteiger partial charge in [-0.2, -0.15) is 6.08 Å². The first-order valence-corrected chi connectivity index (χ1v) is 17.7. The van der Waals surface area contributed by atoms with Gasteiger partial charge in [0, 0.05) is 0 Å². The van der Waals surface area contributed by atoms with E-state index in [1.165, 1.54) is 47.1 Å². The number of allylic oxidation sites excluding steroid dienone is 4. The van der Waals surface area contributed by atoms with Crippen LogP contribution in [-0.2, 0) is 34.7 Å². The van der Waals surface area contributed by atoms with E-state index in [0.717, 1.165) is 39.3 Å². The predicted octanol–water partition coefficient (Wildman–Crippen LogP) is 5.95. The minimum atomic E-state index is 0. The maximum atomic E-state index is 3.46. The minimum absolute atomic E-state index is 0. The quantitative estimate of drug-likeness (QED) is 0.152. The van der Waals surface area contributed by atoms with E-state index < -0.39 is 0 Å². The van der Waals surface area contributed by atoms with Crippen molar-refractivity contribution >= 4 is 56.7 Å². The molecule has 0 nitrogen and oxygen atoms in total. The summed E-state index contributed by atoms with van der Waals surface area (Å²) in [6.45, 7) is 13.7. The van der Waals surface area contributed by atoms with Gasteiger partial charge in [-0.1, -0.05) is 76.9 Å². The van der Waals surface area contributed by atoms with Gasteiger partial charge >= 0.3 is 128 Å². The van der Waals surface area contributed by atoms with Crippen LogP contribution < -0.4 is 24.8 Å². The second-order valence-electron chi connectivity index (χ2n) is 12.6. The summed E-state index contributed by atoms with van der Waals surface area (Å²) in [4.78, 5) is 0. The standard InChI is InChI=1S/C21H25.C13H8Br2.C5H5.2ClH.Hf/c1-20(2,3)16-9-7-14-11-15-8-10-17(21(4,5)6)13-19(15)18(14)12-16;14-12-5-1-10(2-6-12)9-11-3-7-13(15)8-4-11;1-2-4-5-3-1;;;/h7-13H,1-6H3;1-8H;1-3H,4H2;2*1H;/q-1;;-1;;;+2/p-2. The van der Waals surface area contributed by atoms with Gasteiger partial charge in [0.2, 0.25) is 0 Å². The third-order valence-corrected chi connectivity index (χ3v) is 10.4. The van der Waals surface area contributed by atoms with Gasteiger partial charge in [-0.3, -0.25) is 6.08 Å². The van der Waals surface area contributed by atoms with E-state index in [-0.39, 0.29) is 35.6 Å². The van der Waals surface area contributed by atoms with Gasteiger partial charge in [0.1, 0.15) is 0 Å². The van der Waals surface area contributed by atoms with E-state index in [0.29, 0.717) is 0 Å². The van der Waals surface area contributed by atoms with Crippen molar-refractivity contribution in [1.82, 2.24) is 0 Å². The van der Waals surface area contributed by atoms with Crippen molar-refractivity contribution in [3.63, 3.8) is 0 Å². The molecule has 0 radical (unpaired) electrons. The second-order valence-corrected chi connectivity index (χ2v) is 16.3. The van der Waals surface area contributed by atoms with Crippen LogP contribution in [0.4, 0.5) is 0 Å². The average molecular weight is 916 g/mol. The summed E-state index contributed by atoms with van der Waals surface area (Å²) in [5.74, 6) is 0. The number of rotatable bonds is 2. The molecule has 0 heterocycles. The van der Waals surface area contributed by atoms with Crippen LogP contribution in [0.2, 0.25) is 0 Å². The molecule has 0 saturated carbocycles. The smallest absolute Gasteiger partial charge is 0.0145 e. The maximum Gasteiger partial charge on any atom is -0.0145 e. The van der Waals surface area contributed by atoms with Gasteiger partial charge in [0.15, 0.2) is 0 Å². The molecule has 0 fully saturated rings. The third kappa shape index (κ3) is 10.5. The summed E-state index contributed by atoms with van der Waals surface area (Å²) >= 11 is 7.96. The van der Waals surface area contributed by atoms with Crippen molar-refractivity contribution in [3.05, 3.63) is 146 Å². The second kappa shape index (κ2) is 16.9. The van der Waals surface area contributed by atoms with E-state index in [9.17, 15) is 0 Å².